The Kier molecular flexibility index (Phi) is 5.62. The van der Waals surface area contributed by atoms with Gasteiger partial charge in [-0.15, -0.1) is 0 Å². The quantitative estimate of drug-likeness (QED) is 0.774. The number of nitrogens with two attached hydrogens (primary N) is 1. The maximum absolute atomic E-state index is 12.2. The molecule has 19 heavy (non-hydrogen) atoms. The molecule has 1 aromatic carbocycles. The predicted octanol–water partition coefficient (Wildman–Crippen LogP) is 1.87. The van der Waals surface area contributed by atoms with Gasteiger partial charge in [-0.3, -0.25) is 0 Å². The molecule has 0 heterocycles. The van der Waals surface area contributed by atoms with Crippen LogP contribution in [0.1, 0.15) is 20.8 Å². The highest BCUT2D eigenvalue weighted by Crippen LogP contribution is 2.25. The average molecular weight is 287 g/mol. The van der Waals surface area contributed by atoms with Crippen LogP contribution >= 0.6 is 0 Å². The molecular weight excluding hydrogens is 266 g/mol. The monoisotopic (exact) mass is 287 g/mol. The summed E-state index contributed by atoms with van der Waals surface area (Å²) >= 11 is 0. The lowest BCUT2D eigenvalue weighted by atomic mass is 10.3. The third-order valence-electron chi connectivity index (χ3n) is 2.43. The first-order valence-corrected chi connectivity index (χ1v) is 7.88. The molecule has 0 fully saturated rings. The number of hydrogen-bond donors (Lipinski definition) is 1. The van der Waals surface area contributed by atoms with E-state index >= 15 is 0 Å². The van der Waals surface area contributed by atoms with Crippen molar-refractivity contribution >= 4 is 15.5 Å². The van der Waals surface area contributed by atoms with Crippen molar-refractivity contribution in [3.8, 4) is 5.75 Å². The fraction of sp³-hybridized carbons (Fsp3) is 0.538. The van der Waals surface area contributed by atoms with Gasteiger partial charge in [-0.1, -0.05) is 0 Å². The molecule has 0 aliphatic heterocycles. The zero-order valence-electron chi connectivity index (χ0n) is 11.5. The summed E-state index contributed by atoms with van der Waals surface area (Å²) in [7, 11) is -3.46. The number of ether oxygens (including phenoxy) is 2. The summed E-state index contributed by atoms with van der Waals surface area (Å²) in [4.78, 5) is 0.103. The molecule has 0 aliphatic rings. The van der Waals surface area contributed by atoms with Gasteiger partial charge in [-0.25, -0.2) is 8.42 Å². The van der Waals surface area contributed by atoms with E-state index in [2.05, 4.69) is 0 Å². The Labute approximate surface area is 114 Å². The number of nitrogen functional groups attached to an aromatic ring is 1. The van der Waals surface area contributed by atoms with Crippen molar-refractivity contribution in [1.29, 1.82) is 0 Å². The summed E-state index contributed by atoms with van der Waals surface area (Å²) in [6, 6.07) is 4.66. The molecule has 0 saturated carbocycles. The number of anilines is 1. The molecule has 2 N–H and O–H groups in total. The first-order valence-electron chi connectivity index (χ1n) is 6.23. The van der Waals surface area contributed by atoms with E-state index in [0.717, 1.165) is 0 Å². The van der Waals surface area contributed by atoms with Gasteiger partial charge < -0.3 is 15.2 Å². The van der Waals surface area contributed by atoms with E-state index in [1.54, 1.807) is 12.1 Å². The minimum atomic E-state index is -3.46. The second kappa shape index (κ2) is 6.77. The molecule has 1 aromatic rings. The number of benzene rings is 1. The summed E-state index contributed by atoms with van der Waals surface area (Å²) in [6.45, 7) is 6.17. The van der Waals surface area contributed by atoms with E-state index in [-0.39, 0.29) is 29.0 Å². The minimum absolute atomic E-state index is 0.00214. The van der Waals surface area contributed by atoms with Crippen LogP contribution in [0.5, 0.6) is 5.75 Å². The highest BCUT2D eigenvalue weighted by molar-refractivity contribution is 7.91. The van der Waals surface area contributed by atoms with E-state index < -0.39 is 9.84 Å². The van der Waals surface area contributed by atoms with E-state index in [4.69, 9.17) is 15.2 Å². The Balaban J connectivity index is 2.90. The summed E-state index contributed by atoms with van der Waals surface area (Å²) in [5.41, 5.74) is 5.96. The van der Waals surface area contributed by atoms with Gasteiger partial charge in [0.25, 0.3) is 0 Å². The van der Waals surface area contributed by atoms with Gasteiger partial charge in [-0.2, -0.15) is 0 Å². The van der Waals surface area contributed by atoms with Gasteiger partial charge in [0.2, 0.25) is 0 Å². The molecule has 0 saturated heterocycles. The Morgan fingerprint density at radius 3 is 2.58 bits per heavy atom. The number of sulfone groups is 1. The SMILES string of the molecule is CCOc1ccc(N)c(S(=O)(=O)CCOC(C)C)c1. The van der Waals surface area contributed by atoms with Crippen molar-refractivity contribution in [1.82, 2.24) is 0 Å². The molecule has 0 radical (unpaired) electrons. The maximum Gasteiger partial charge on any atom is 0.182 e. The average Bonchev–Trinajstić information content (AvgIpc) is 2.31. The molecule has 0 spiro atoms. The standard InChI is InChI=1S/C13H21NO4S/c1-4-17-11-5-6-12(14)13(9-11)19(15,16)8-7-18-10(2)3/h5-6,9-10H,4,7-8,14H2,1-3H3. The third kappa shape index (κ3) is 4.72. The van der Waals surface area contributed by atoms with Crippen molar-refractivity contribution in [3.63, 3.8) is 0 Å². The Hall–Kier alpha value is -1.27. The molecule has 0 aromatic heterocycles. The van der Waals surface area contributed by atoms with E-state index in [1.807, 2.05) is 20.8 Å². The van der Waals surface area contributed by atoms with E-state index in [1.165, 1.54) is 6.07 Å². The topological polar surface area (TPSA) is 78.6 Å². The zero-order valence-corrected chi connectivity index (χ0v) is 12.4. The normalized spacial score (nSPS) is 11.8. The van der Waals surface area contributed by atoms with Crippen molar-refractivity contribution in [2.24, 2.45) is 0 Å². The van der Waals surface area contributed by atoms with Crippen LogP contribution in [0.3, 0.4) is 0 Å². The number of hydrogen-bond acceptors (Lipinski definition) is 5. The van der Waals surface area contributed by atoms with Crippen LogP contribution in [0.25, 0.3) is 0 Å². The Morgan fingerprint density at radius 1 is 1.32 bits per heavy atom. The van der Waals surface area contributed by atoms with E-state index in [0.29, 0.717) is 12.4 Å². The van der Waals surface area contributed by atoms with Crippen LogP contribution < -0.4 is 10.5 Å². The van der Waals surface area contributed by atoms with Crippen LogP contribution in [0.15, 0.2) is 23.1 Å². The Bertz CT molecular complexity index is 511. The molecule has 0 atom stereocenters. The van der Waals surface area contributed by atoms with Crippen LogP contribution in [-0.4, -0.2) is 33.5 Å². The van der Waals surface area contributed by atoms with Gasteiger partial charge >= 0.3 is 0 Å². The van der Waals surface area contributed by atoms with Gasteiger partial charge in [0.15, 0.2) is 9.84 Å². The number of rotatable bonds is 7. The fourth-order valence-corrected chi connectivity index (χ4v) is 2.80. The second-order valence-corrected chi connectivity index (χ2v) is 6.45. The second-order valence-electron chi connectivity index (χ2n) is 4.37. The predicted molar refractivity (Wildman–Crippen MR) is 75.2 cm³/mol. The molecule has 5 nitrogen and oxygen atoms in total. The zero-order chi connectivity index (χ0) is 14.5. The lowest BCUT2D eigenvalue weighted by Crippen LogP contribution is -2.16. The summed E-state index contributed by atoms with van der Waals surface area (Å²) < 4.78 is 34.9. The molecule has 0 aliphatic carbocycles. The van der Waals surface area contributed by atoms with Crippen LogP contribution in [0.2, 0.25) is 0 Å². The minimum Gasteiger partial charge on any atom is -0.494 e. The molecule has 0 bridgehead atoms. The summed E-state index contributed by atoms with van der Waals surface area (Å²) in [5, 5.41) is 0. The first-order chi connectivity index (χ1) is 8.86. The molecule has 6 heteroatoms. The highest BCUT2D eigenvalue weighted by atomic mass is 32.2. The molecule has 0 amide bonds. The van der Waals surface area contributed by atoms with Crippen molar-refractivity contribution < 1.29 is 17.9 Å². The van der Waals surface area contributed by atoms with Gasteiger partial charge in [-0.05, 0) is 32.9 Å². The Morgan fingerprint density at radius 2 is 2.00 bits per heavy atom. The van der Waals surface area contributed by atoms with Gasteiger partial charge in [0.1, 0.15) is 5.75 Å². The first kappa shape index (κ1) is 15.8. The highest BCUT2D eigenvalue weighted by Gasteiger charge is 2.18. The fourth-order valence-electron chi connectivity index (χ4n) is 1.54. The molecular formula is C13H21NO4S. The largest absolute Gasteiger partial charge is 0.494 e. The van der Waals surface area contributed by atoms with E-state index in [9.17, 15) is 8.42 Å². The van der Waals surface area contributed by atoms with Crippen LogP contribution in [-0.2, 0) is 14.6 Å². The lowest BCUT2D eigenvalue weighted by Gasteiger charge is -2.11. The smallest absolute Gasteiger partial charge is 0.182 e. The van der Waals surface area contributed by atoms with Crippen LogP contribution in [0.4, 0.5) is 5.69 Å². The molecule has 1 rings (SSSR count). The third-order valence-corrected chi connectivity index (χ3v) is 4.16. The summed E-state index contributed by atoms with van der Waals surface area (Å²) in [6.07, 6.45) is 0.00214. The lowest BCUT2D eigenvalue weighted by molar-refractivity contribution is 0.0912. The maximum atomic E-state index is 12.2. The van der Waals surface area contributed by atoms with Gasteiger partial charge in [0.05, 0.1) is 35.7 Å². The van der Waals surface area contributed by atoms with Crippen molar-refractivity contribution in [2.45, 2.75) is 31.8 Å². The van der Waals surface area contributed by atoms with Crippen LogP contribution in [0, 0.1) is 0 Å². The molecule has 0 unspecified atom stereocenters. The van der Waals surface area contributed by atoms with Crippen molar-refractivity contribution in [3.05, 3.63) is 18.2 Å². The molecule has 108 valence electrons. The van der Waals surface area contributed by atoms with Crippen molar-refractivity contribution in [2.75, 3.05) is 24.7 Å². The summed E-state index contributed by atoms with van der Waals surface area (Å²) in [5.74, 6) is 0.408. The van der Waals surface area contributed by atoms with Gasteiger partial charge in [0, 0.05) is 6.07 Å².